The first-order chi connectivity index (χ1) is 7.54. The minimum Gasteiger partial charge on any atom is -0.506 e. The van der Waals surface area contributed by atoms with E-state index in [1.54, 1.807) is 19.1 Å². The van der Waals surface area contributed by atoms with Crippen molar-refractivity contribution in [1.29, 1.82) is 0 Å². The average molecular weight is 244 g/mol. The second-order valence-electron chi connectivity index (χ2n) is 3.33. The van der Waals surface area contributed by atoms with E-state index in [9.17, 15) is 9.90 Å². The van der Waals surface area contributed by atoms with E-state index in [1.807, 2.05) is 0 Å². The Hall–Kier alpha value is -1.26. The molecule has 0 aliphatic carbocycles. The second kappa shape index (κ2) is 5.72. The van der Waals surface area contributed by atoms with Crippen molar-refractivity contribution >= 4 is 17.6 Å². The van der Waals surface area contributed by atoms with E-state index in [1.165, 1.54) is 6.07 Å². The van der Waals surface area contributed by atoms with Crippen LogP contribution in [0.2, 0.25) is 5.02 Å². The van der Waals surface area contributed by atoms with Gasteiger partial charge in [0.05, 0.1) is 18.1 Å². The summed E-state index contributed by atoms with van der Waals surface area (Å²) in [6.45, 7) is 2.07. The number of phenols is 1. The highest BCUT2D eigenvalue weighted by atomic mass is 35.5. The van der Waals surface area contributed by atoms with E-state index >= 15 is 0 Å². The van der Waals surface area contributed by atoms with Crippen LogP contribution < -0.4 is 5.73 Å². The molecule has 0 saturated heterocycles. The molecule has 16 heavy (non-hydrogen) atoms. The summed E-state index contributed by atoms with van der Waals surface area (Å²) < 4.78 is 4.79. The fraction of sp³-hybridized carbons (Fsp3) is 0.364. The molecule has 1 aromatic carbocycles. The number of phenolic OH excluding ortho intramolecular Hbond substituents is 1. The largest absolute Gasteiger partial charge is 0.506 e. The highest BCUT2D eigenvalue weighted by molar-refractivity contribution is 6.32. The van der Waals surface area contributed by atoms with Gasteiger partial charge in [-0.1, -0.05) is 17.7 Å². The normalized spacial score (nSPS) is 12.2. The molecule has 0 bridgehead atoms. The number of esters is 1. The molecule has 0 amide bonds. The third kappa shape index (κ3) is 3.40. The molecule has 0 aliphatic heterocycles. The molecule has 1 rings (SSSR count). The van der Waals surface area contributed by atoms with Crippen LogP contribution in [0.3, 0.4) is 0 Å². The van der Waals surface area contributed by atoms with Crippen molar-refractivity contribution in [1.82, 2.24) is 0 Å². The number of nitrogens with two attached hydrogens (primary N) is 1. The zero-order valence-electron chi connectivity index (χ0n) is 8.94. The first-order valence-corrected chi connectivity index (χ1v) is 5.32. The van der Waals surface area contributed by atoms with Crippen molar-refractivity contribution in [2.75, 3.05) is 6.61 Å². The molecule has 3 N–H and O–H groups in total. The number of carbonyl (C=O) groups excluding carboxylic acids is 1. The van der Waals surface area contributed by atoms with E-state index in [2.05, 4.69) is 0 Å². The topological polar surface area (TPSA) is 72.5 Å². The van der Waals surface area contributed by atoms with Crippen molar-refractivity contribution in [3.05, 3.63) is 28.8 Å². The second-order valence-corrected chi connectivity index (χ2v) is 3.73. The summed E-state index contributed by atoms with van der Waals surface area (Å²) in [5, 5.41) is 9.45. The molecule has 1 atom stereocenters. The van der Waals surface area contributed by atoms with Gasteiger partial charge in [0.25, 0.3) is 0 Å². The van der Waals surface area contributed by atoms with Gasteiger partial charge >= 0.3 is 5.97 Å². The third-order valence-corrected chi connectivity index (χ3v) is 2.39. The fourth-order valence-electron chi connectivity index (χ4n) is 1.27. The van der Waals surface area contributed by atoms with Crippen molar-refractivity contribution in [2.45, 2.75) is 19.4 Å². The van der Waals surface area contributed by atoms with E-state index in [0.717, 1.165) is 0 Å². The molecular formula is C11H14ClNO3. The molecule has 0 radical (unpaired) electrons. The minimum atomic E-state index is -0.475. The van der Waals surface area contributed by atoms with Crippen LogP contribution in [0.1, 0.15) is 24.9 Å². The smallest absolute Gasteiger partial charge is 0.307 e. The Labute approximate surface area is 99.0 Å². The quantitative estimate of drug-likeness (QED) is 0.794. The lowest BCUT2D eigenvalue weighted by molar-refractivity contribution is -0.143. The number of ether oxygens (including phenoxy) is 1. The van der Waals surface area contributed by atoms with Crippen LogP contribution in [-0.4, -0.2) is 17.7 Å². The molecule has 0 unspecified atom stereocenters. The average Bonchev–Trinajstić information content (AvgIpc) is 2.22. The Bertz CT molecular complexity index is 381. The van der Waals surface area contributed by atoms with Crippen LogP contribution in [0.25, 0.3) is 0 Å². The van der Waals surface area contributed by atoms with Gasteiger partial charge in [0.2, 0.25) is 0 Å². The Morgan fingerprint density at radius 3 is 2.88 bits per heavy atom. The molecule has 0 aliphatic rings. The number of rotatable bonds is 4. The van der Waals surface area contributed by atoms with E-state index in [0.29, 0.717) is 12.2 Å². The highest BCUT2D eigenvalue weighted by Crippen LogP contribution is 2.26. The molecule has 0 heterocycles. The van der Waals surface area contributed by atoms with Crippen molar-refractivity contribution < 1.29 is 14.6 Å². The molecule has 88 valence electrons. The molecule has 5 heteroatoms. The standard InChI is InChI=1S/C11H14ClNO3/c1-2-16-11(15)6-9(13)7-3-4-10(14)8(12)5-7/h3-5,9,14H,2,6,13H2,1H3/t9-/m1/s1. The number of aromatic hydroxyl groups is 1. The first-order valence-electron chi connectivity index (χ1n) is 4.94. The predicted octanol–water partition coefficient (Wildman–Crippen LogP) is 2.00. The Morgan fingerprint density at radius 1 is 1.62 bits per heavy atom. The Balaban J connectivity index is 2.69. The number of hydrogen-bond acceptors (Lipinski definition) is 4. The van der Waals surface area contributed by atoms with Crippen LogP contribution in [0.4, 0.5) is 0 Å². The maximum Gasteiger partial charge on any atom is 0.307 e. The van der Waals surface area contributed by atoms with Crippen LogP contribution in [0.15, 0.2) is 18.2 Å². The number of benzene rings is 1. The zero-order chi connectivity index (χ0) is 12.1. The van der Waals surface area contributed by atoms with Gasteiger partial charge in [-0.05, 0) is 24.6 Å². The molecule has 1 aromatic rings. The Kier molecular flexibility index (Phi) is 4.58. The number of carbonyl (C=O) groups is 1. The van der Waals surface area contributed by atoms with Gasteiger partial charge in [0.15, 0.2) is 0 Å². The molecule has 0 aromatic heterocycles. The van der Waals surface area contributed by atoms with Gasteiger partial charge in [-0.2, -0.15) is 0 Å². The predicted molar refractivity (Wildman–Crippen MR) is 61.3 cm³/mol. The number of hydrogen-bond donors (Lipinski definition) is 2. The van der Waals surface area contributed by atoms with Crippen molar-refractivity contribution in [3.8, 4) is 5.75 Å². The van der Waals surface area contributed by atoms with Crippen LogP contribution >= 0.6 is 11.6 Å². The van der Waals surface area contributed by atoms with Gasteiger partial charge in [-0.25, -0.2) is 0 Å². The SMILES string of the molecule is CCOC(=O)C[C@@H](N)c1ccc(O)c(Cl)c1. The summed E-state index contributed by atoms with van der Waals surface area (Å²) in [5.41, 5.74) is 6.49. The summed E-state index contributed by atoms with van der Waals surface area (Å²) in [6, 6.07) is 4.14. The summed E-state index contributed by atoms with van der Waals surface area (Å²) in [5.74, 6) is -0.354. The summed E-state index contributed by atoms with van der Waals surface area (Å²) in [7, 11) is 0. The lowest BCUT2D eigenvalue weighted by atomic mass is 10.0. The van der Waals surface area contributed by atoms with Gasteiger partial charge < -0.3 is 15.6 Å². The first kappa shape index (κ1) is 12.8. The summed E-state index contributed by atoms with van der Waals surface area (Å²) in [6.07, 6.45) is 0.0922. The molecule has 0 saturated carbocycles. The third-order valence-electron chi connectivity index (χ3n) is 2.09. The van der Waals surface area contributed by atoms with Gasteiger partial charge in [-0.3, -0.25) is 4.79 Å². The van der Waals surface area contributed by atoms with Crippen LogP contribution in [0, 0.1) is 0 Å². The molecule has 4 nitrogen and oxygen atoms in total. The minimum absolute atomic E-state index is 0.00579. The molecular weight excluding hydrogens is 230 g/mol. The Morgan fingerprint density at radius 2 is 2.31 bits per heavy atom. The lowest BCUT2D eigenvalue weighted by Gasteiger charge is -2.11. The summed E-state index contributed by atoms with van der Waals surface area (Å²) in [4.78, 5) is 11.2. The van der Waals surface area contributed by atoms with E-state index < -0.39 is 6.04 Å². The number of halogens is 1. The fourth-order valence-corrected chi connectivity index (χ4v) is 1.46. The maximum absolute atomic E-state index is 11.2. The van der Waals surface area contributed by atoms with E-state index in [-0.39, 0.29) is 23.2 Å². The lowest BCUT2D eigenvalue weighted by Crippen LogP contribution is -2.17. The molecule has 0 spiro atoms. The summed E-state index contributed by atoms with van der Waals surface area (Å²) >= 11 is 5.73. The molecule has 0 fully saturated rings. The van der Waals surface area contributed by atoms with Gasteiger partial charge in [-0.15, -0.1) is 0 Å². The zero-order valence-corrected chi connectivity index (χ0v) is 9.70. The monoisotopic (exact) mass is 243 g/mol. The highest BCUT2D eigenvalue weighted by Gasteiger charge is 2.13. The van der Waals surface area contributed by atoms with Crippen LogP contribution in [0.5, 0.6) is 5.75 Å². The van der Waals surface area contributed by atoms with E-state index in [4.69, 9.17) is 22.1 Å². The van der Waals surface area contributed by atoms with Gasteiger partial charge in [0.1, 0.15) is 5.75 Å². The van der Waals surface area contributed by atoms with Crippen LogP contribution in [-0.2, 0) is 9.53 Å². The van der Waals surface area contributed by atoms with Gasteiger partial charge in [0, 0.05) is 6.04 Å². The van der Waals surface area contributed by atoms with Crippen molar-refractivity contribution in [3.63, 3.8) is 0 Å². The van der Waals surface area contributed by atoms with Crippen molar-refractivity contribution in [2.24, 2.45) is 5.73 Å². The maximum atomic E-state index is 11.2.